The van der Waals surface area contributed by atoms with E-state index in [1.807, 2.05) is 0 Å². The highest BCUT2D eigenvalue weighted by Gasteiger charge is 2.20. The van der Waals surface area contributed by atoms with Crippen molar-refractivity contribution < 1.29 is 24.5 Å². The van der Waals surface area contributed by atoms with Gasteiger partial charge < -0.3 is 20.3 Å². The monoisotopic (exact) mass is 1120 g/mol. The van der Waals surface area contributed by atoms with Gasteiger partial charge in [-0.05, 0) is 83.5 Å². The van der Waals surface area contributed by atoms with E-state index in [0.717, 1.165) is 57.8 Å². The van der Waals surface area contributed by atoms with Gasteiger partial charge in [0, 0.05) is 12.8 Å². The average molecular weight is 1120 g/mol. The van der Waals surface area contributed by atoms with Crippen molar-refractivity contribution in [2.45, 2.75) is 398 Å². The normalized spacial score (nSPS) is 12.8. The number of allylic oxidation sites excluding steroid dienone is 8. The molecule has 470 valence electrons. The molecule has 0 aromatic heterocycles. The number of rotatable bonds is 67. The van der Waals surface area contributed by atoms with Crippen LogP contribution in [0.5, 0.6) is 0 Å². The zero-order valence-electron chi connectivity index (χ0n) is 53.8. The number of carbonyl (C=O) groups is 2. The lowest BCUT2D eigenvalue weighted by molar-refractivity contribution is -0.143. The van der Waals surface area contributed by atoms with Crippen LogP contribution in [0, 0.1) is 0 Å². The van der Waals surface area contributed by atoms with Crippen LogP contribution in [0.15, 0.2) is 48.6 Å². The van der Waals surface area contributed by atoms with Crippen molar-refractivity contribution >= 4 is 11.9 Å². The van der Waals surface area contributed by atoms with Crippen LogP contribution in [0.25, 0.3) is 0 Å². The molecule has 2 atom stereocenters. The summed E-state index contributed by atoms with van der Waals surface area (Å²) in [4.78, 5) is 24.6. The Kier molecular flexibility index (Phi) is 67.4. The molecule has 0 aromatic rings. The van der Waals surface area contributed by atoms with Crippen molar-refractivity contribution in [3.05, 3.63) is 48.6 Å². The number of carbonyl (C=O) groups excluding carboxylic acids is 2. The van der Waals surface area contributed by atoms with E-state index < -0.39 is 12.1 Å². The summed E-state index contributed by atoms with van der Waals surface area (Å²) in [6.07, 6.45) is 90.2. The number of hydrogen-bond acceptors (Lipinski definition) is 5. The van der Waals surface area contributed by atoms with E-state index in [1.54, 1.807) is 0 Å². The number of aliphatic hydroxyl groups excluding tert-OH is 2. The molecular formula is C74H139NO5. The first-order valence-corrected chi connectivity index (χ1v) is 35.9. The molecule has 0 fully saturated rings. The van der Waals surface area contributed by atoms with Crippen LogP contribution in [0.2, 0.25) is 0 Å². The molecule has 0 heterocycles. The second kappa shape index (κ2) is 69.3. The second-order valence-electron chi connectivity index (χ2n) is 24.6. The highest BCUT2D eigenvalue weighted by atomic mass is 16.5. The van der Waals surface area contributed by atoms with Crippen LogP contribution in [0.1, 0.15) is 386 Å². The van der Waals surface area contributed by atoms with Gasteiger partial charge in [-0.15, -0.1) is 0 Å². The van der Waals surface area contributed by atoms with E-state index in [-0.39, 0.29) is 18.5 Å². The molecule has 1 amide bonds. The molecule has 0 bridgehead atoms. The van der Waals surface area contributed by atoms with Gasteiger partial charge in [0.25, 0.3) is 0 Å². The molecule has 0 spiro atoms. The molecule has 3 N–H and O–H groups in total. The minimum Gasteiger partial charge on any atom is -0.466 e. The number of amides is 1. The smallest absolute Gasteiger partial charge is 0.305 e. The predicted molar refractivity (Wildman–Crippen MR) is 352 cm³/mol. The fourth-order valence-electron chi connectivity index (χ4n) is 11.1. The summed E-state index contributed by atoms with van der Waals surface area (Å²) in [6.45, 7) is 4.91. The maximum atomic E-state index is 12.5. The summed E-state index contributed by atoms with van der Waals surface area (Å²) in [5.74, 6) is -0.0331. The van der Waals surface area contributed by atoms with E-state index in [1.165, 1.54) is 295 Å². The van der Waals surface area contributed by atoms with Gasteiger partial charge in [-0.3, -0.25) is 9.59 Å². The summed E-state index contributed by atoms with van der Waals surface area (Å²) >= 11 is 0. The van der Waals surface area contributed by atoms with Gasteiger partial charge in [0.05, 0.1) is 25.4 Å². The van der Waals surface area contributed by atoms with E-state index >= 15 is 0 Å². The Morgan fingerprint density at radius 2 is 0.650 bits per heavy atom. The third kappa shape index (κ3) is 65.0. The number of aliphatic hydroxyl groups is 2. The summed E-state index contributed by atoms with van der Waals surface area (Å²) in [7, 11) is 0. The molecule has 0 rings (SSSR count). The number of unbranched alkanes of at least 4 members (excludes halogenated alkanes) is 48. The standard InChI is InChI=1S/C74H139NO5/c1-3-5-7-9-11-13-15-17-18-19-33-36-39-43-46-50-54-58-62-66-72(77)71(70-76)75-73(78)67-63-59-55-51-47-44-40-37-34-31-29-27-25-23-21-20-22-24-26-28-30-32-35-38-41-45-49-53-57-61-65-69-80-74(79)68-64-60-56-52-48-42-16-14-12-10-8-6-4-2/h8,10,14,16,22,24,28,30,71-72,76-77H,3-7,9,11-13,15,17-21,23,25-27,29,31-70H2,1-2H3,(H,75,78)/b10-8-,16-14-,24-22-,30-28-. The lowest BCUT2D eigenvalue weighted by Crippen LogP contribution is -2.45. The SMILES string of the molecule is CCC/C=C\C/C=C\CCCCCCCC(=O)OCCCCCCCCCCC/C=C\C/C=C\CCCCCCCCCCCCCCCCCC(=O)NC(CO)C(O)CCCCCCCCCCCCCCCCCCCCC. The summed E-state index contributed by atoms with van der Waals surface area (Å²) in [5.41, 5.74) is 0. The van der Waals surface area contributed by atoms with E-state index in [4.69, 9.17) is 4.74 Å². The quantitative estimate of drug-likeness (QED) is 0.0320. The van der Waals surface area contributed by atoms with Crippen molar-refractivity contribution in [1.82, 2.24) is 5.32 Å². The molecule has 0 aliphatic carbocycles. The Hall–Kier alpha value is -2.18. The fraction of sp³-hybridized carbons (Fsp3) is 0.865. The lowest BCUT2D eigenvalue weighted by Gasteiger charge is -2.22. The maximum Gasteiger partial charge on any atom is 0.305 e. The largest absolute Gasteiger partial charge is 0.466 e. The third-order valence-electron chi connectivity index (χ3n) is 16.6. The molecule has 0 saturated carbocycles. The van der Waals surface area contributed by atoms with E-state index in [2.05, 4.69) is 67.8 Å². The molecular weight excluding hydrogens is 983 g/mol. The zero-order valence-corrected chi connectivity index (χ0v) is 53.8. The van der Waals surface area contributed by atoms with Crippen LogP contribution in [0.4, 0.5) is 0 Å². The Morgan fingerprint density at radius 1 is 0.350 bits per heavy atom. The summed E-state index contributed by atoms with van der Waals surface area (Å²) < 4.78 is 5.47. The Bertz CT molecular complexity index is 1340. The second-order valence-corrected chi connectivity index (χ2v) is 24.6. The van der Waals surface area contributed by atoms with Crippen molar-refractivity contribution in [2.24, 2.45) is 0 Å². The summed E-state index contributed by atoms with van der Waals surface area (Å²) in [6, 6.07) is -0.542. The first-order valence-electron chi connectivity index (χ1n) is 35.9. The topological polar surface area (TPSA) is 95.9 Å². The number of ether oxygens (including phenoxy) is 1. The highest BCUT2D eigenvalue weighted by Crippen LogP contribution is 2.19. The molecule has 0 saturated heterocycles. The van der Waals surface area contributed by atoms with Gasteiger partial charge in [-0.25, -0.2) is 0 Å². The summed E-state index contributed by atoms with van der Waals surface area (Å²) in [5, 5.41) is 23.4. The molecule has 80 heavy (non-hydrogen) atoms. The van der Waals surface area contributed by atoms with Gasteiger partial charge in [0.15, 0.2) is 0 Å². The first kappa shape index (κ1) is 77.8. The lowest BCUT2D eigenvalue weighted by atomic mass is 10.0. The third-order valence-corrected chi connectivity index (χ3v) is 16.6. The van der Waals surface area contributed by atoms with Crippen LogP contribution in [-0.2, 0) is 14.3 Å². The van der Waals surface area contributed by atoms with Gasteiger partial charge in [0.1, 0.15) is 0 Å². The Morgan fingerprint density at radius 3 is 1.00 bits per heavy atom. The van der Waals surface area contributed by atoms with Crippen LogP contribution >= 0.6 is 0 Å². The zero-order chi connectivity index (χ0) is 57.8. The molecule has 0 aliphatic heterocycles. The number of esters is 1. The van der Waals surface area contributed by atoms with Crippen molar-refractivity contribution in [1.29, 1.82) is 0 Å². The van der Waals surface area contributed by atoms with Gasteiger partial charge in [0.2, 0.25) is 5.91 Å². The van der Waals surface area contributed by atoms with E-state index in [9.17, 15) is 19.8 Å². The average Bonchev–Trinajstić information content (AvgIpc) is 3.46. The number of hydrogen-bond donors (Lipinski definition) is 3. The number of nitrogens with one attached hydrogen (secondary N) is 1. The molecule has 6 heteroatoms. The molecule has 0 aliphatic rings. The Labute approximate surface area is 499 Å². The highest BCUT2D eigenvalue weighted by molar-refractivity contribution is 5.76. The molecule has 0 radical (unpaired) electrons. The Balaban J connectivity index is 3.40. The van der Waals surface area contributed by atoms with E-state index in [0.29, 0.717) is 25.9 Å². The maximum absolute atomic E-state index is 12.5. The minimum atomic E-state index is -0.665. The van der Waals surface area contributed by atoms with Crippen LogP contribution in [-0.4, -0.2) is 47.4 Å². The van der Waals surface area contributed by atoms with Gasteiger partial charge in [-0.2, -0.15) is 0 Å². The van der Waals surface area contributed by atoms with Gasteiger partial charge in [-0.1, -0.05) is 339 Å². The van der Waals surface area contributed by atoms with Crippen LogP contribution in [0.3, 0.4) is 0 Å². The molecule has 2 unspecified atom stereocenters. The predicted octanol–water partition coefficient (Wildman–Crippen LogP) is 23.3. The van der Waals surface area contributed by atoms with Crippen LogP contribution < -0.4 is 5.32 Å². The fourth-order valence-corrected chi connectivity index (χ4v) is 11.1. The molecule has 6 nitrogen and oxygen atoms in total. The van der Waals surface area contributed by atoms with Crippen molar-refractivity contribution in [3.63, 3.8) is 0 Å². The molecule has 0 aromatic carbocycles. The minimum absolute atomic E-state index is 0.00212. The van der Waals surface area contributed by atoms with Crippen molar-refractivity contribution in [3.8, 4) is 0 Å². The van der Waals surface area contributed by atoms with Crippen molar-refractivity contribution in [2.75, 3.05) is 13.2 Å². The van der Waals surface area contributed by atoms with Gasteiger partial charge >= 0.3 is 5.97 Å². The first-order chi connectivity index (χ1) is 39.5.